The monoisotopic (exact) mass is 360 g/mol. The van der Waals surface area contributed by atoms with Crippen molar-refractivity contribution in [3.63, 3.8) is 0 Å². The van der Waals surface area contributed by atoms with Crippen molar-refractivity contribution in [2.45, 2.75) is 59.0 Å². The van der Waals surface area contributed by atoms with Crippen LogP contribution in [0.15, 0.2) is 18.5 Å². The first-order valence-electron chi connectivity index (χ1n) is 8.86. The number of rotatable bonds is 4. The fourth-order valence-electron chi connectivity index (χ4n) is 3.47. The maximum absolute atomic E-state index is 12.5. The summed E-state index contributed by atoms with van der Waals surface area (Å²) >= 11 is 5.96. The molecule has 5 nitrogen and oxygen atoms in total. The lowest BCUT2D eigenvalue weighted by Gasteiger charge is -2.29. The van der Waals surface area contributed by atoms with Gasteiger partial charge in [0.2, 0.25) is 0 Å². The number of carbonyl (C=O) groups excluding carboxylic acids is 1. The van der Waals surface area contributed by atoms with Gasteiger partial charge in [0.1, 0.15) is 0 Å². The number of nitrogens with one attached hydrogen (secondary N) is 1. The first-order valence-corrected chi connectivity index (χ1v) is 9.24. The first-order chi connectivity index (χ1) is 11.9. The summed E-state index contributed by atoms with van der Waals surface area (Å²) in [5, 5.41) is 8.19. The van der Waals surface area contributed by atoms with Crippen LogP contribution >= 0.6 is 11.6 Å². The van der Waals surface area contributed by atoms with Crippen LogP contribution in [0.25, 0.3) is 0 Å². The van der Waals surface area contributed by atoms with Gasteiger partial charge in [0, 0.05) is 25.0 Å². The summed E-state index contributed by atoms with van der Waals surface area (Å²) in [6.07, 6.45) is 7.91. The molecule has 0 radical (unpaired) electrons. The molecule has 134 valence electrons. The van der Waals surface area contributed by atoms with Gasteiger partial charge >= 0.3 is 0 Å². The molecule has 0 bridgehead atoms. The molecule has 2 heterocycles. The lowest BCUT2D eigenvalue weighted by molar-refractivity contribution is 0.0919. The van der Waals surface area contributed by atoms with Crippen LogP contribution in [0, 0.1) is 26.7 Å². The van der Waals surface area contributed by atoms with Gasteiger partial charge in [-0.2, -0.15) is 5.10 Å². The highest BCUT2D eigenvalue weighted by atomic mass is 35.5. The molecular formula is C19H25ClN4O. The van der Waals surface area contributed by atoms with Gasteiger partial charge in [-0.3, -0.25) is 14.5 Å². The van der Waals surface area contributed by atoms with Crippen LogP contribution in [0.5, 0.6) is 0 Å². The van der Waals surface area contributed by atoms with E-state index in [2.05, 4.69) is 33.2 Å². The smallest absolute Gasteiger partial charge is 0.253 e. The zero-order valence-corrected chi connectivity index (χ0v) is 15.8. The normalized spacial score (nSPS) is 20.5. The zero-order chi connectivity index (χ0) is 18.0. The van der Waals surface area contributed by atoms with E-state index in [-0.39, 0.29) is 11.9 Å². The van der Waals surface area contributed by atoms with E-state index < -0.39 is 0 Å². The molecular weight excluding hydrogens is 336 g/mol. The van der Waals surface area contributed by atoms with Crippen molar-refractivity contribution >= 4 is 17.5 Å². The number of carbonyl (C=O) groups is 1. The fourth-order valence-corrected chi connectivity index (χ4v) is 3.62. The molecule has 3 rings (SSSR count). The standard InChI is InChI=1S/C19H25ClN4O/c1-12-10-24(23-13(12)2)11-15-4-6-17(7-5-15)22-19(25)18-8-16(20)9-21-14(18)3/h8-10,15,17H,4-7,11H2,1-3H3,(H,22,25). The maximum atomic E-state index is 12.5. The molecule has 0 spiro atoms. The molecule has 2 aromatic rings. The molecule has 6 heteroatoms. The SMILES string of the molecule is Cc1cn(CC2CCC(NC(=O)c3cc(Cl)cnc3C)CC2)nc1C. The third-order valence-electron chi connectivity index (χ3n) is 5.12. The minimum atomic E-state index is -0.0747. The van der Waals surface area contributed by atoms with Gasteiger partial charge in [-0.15, -0.1) is 0 Å². The summed E-state index contributed by atoms with van der Waals surface area (Å²) in [6.45, 7) is 6.94. The lowest BCUT2D eigenvalue weighted by atomic mass is 9.86. The van der Waals surface area contributed by atoms with E-state index in [9.17, 15) is 4.79 Å². The highest BCUT2D eigenvalue weighted by Crippen LogP contribution is 2.26. The predicted octanol–water partition coefficient (Wildman–Crippen LogP) is 3.85. The van der Waals surface area contributed by atoms with Gasteiger partial charge in [-0.05, 0) is 64.0 Å². The lowest BCUT2D eigenvalue weighted by Crippen LogP contribution is -2.38. The Bertz CT molecular complexity index is 743. The Morgan fingerprint density at radius 1 is 1.24 bits per heavy atom. The molecule has 1 N–H and O–H groups in total. The first kappa shape index (κ1) is 17.9. The van der Waals surface area contributed by atoms with E-state index in [1.54, 1.807) is 12.3 Å². The van der Waals surface area contributed by atoms with Gasteiger partial charge in [0.05, 0.1) is 22.0 Å². The summed E-state index contributed by atoms with van der Waals surface area (Å²) in [7, 11) is 0. The number of aryl methyl sites for hydroxylation is 3. The quantitative estimate of drug-likeness (QED) is 0.900. The molecule has 1 saturated carbocycles. The van der Waals surface area contributed by atoms with Crippen molar-refractivity contribution in [2.24, 2.45) is 5.92 Å². The second kappa shape index (κ2) is 7.56. The molecule has 0 aliphatic heterocycles. The summed E-state index contributed by atoms with van der Waals surface area (Å²) in [5.74, 6) is 0.552. The molecule has 2 aromatic heterocycles. The van der Waals surface area contributed by atoms with E-state index >= 15 is 0 Å². The number of aromatic nitrogens is 3. The molecule has 25 heavy (non-hydrogen) atoms. The second-order valence-corrected chi connectivity index (χ2v) is 7.53. The Hall–Kier alpha value is -1.88. The Morgan fingerprint density at radius 3 is 2.60 bits per heavy atom. The molecule has 1 aliphatic carbocycles. The van der Waals surface area contributed by atoms with Crippen LogP contribution in [-0.4, -0.2) is 26.7 Å². The highest BCUT2D eigenvalue weighted by Gasteiger charge is 2.24. The number of amides is 1. The summed E-state index contributed by atoms with van der Waals surface area (Å²) < 4.78 is 2.06. The van der Waals surface area contributed by atoms with Gasteiger partial charge < -0.3 is 5.32 Å². The molecule has 1 amide bonds. The Labute approximate surface area is 153 Å². The minimum Gasteiger partial charge on any atom is -0.349 e. The van der Waals surface area contributed by atoms with Gasteiger partial charge in [0.15, 0.2) is 0 Å². The van der Waals surface area contributed by atoms with E-state index in [1.165, 1.54) is 5.56 Å². The zero-order valence-electron chi connectivity index (χ0n) is 15.1. The van der Waals surface area contributed by atoms with E-state index in [0.29, 0.717) is 22.2 Å². The topological polar surface area (TPSA) is 59.8 Å². The van der Waals surface area contributed by atoms with Crippen molar-refractivity contribution in [2.75, 3.05) is 0 Å². The average molecular weight is 361 g/mol. The van der Waals surface area contributed by atoms with Crippen LogP contribution in [0.3, 0.4) is 0 Å². The Morgan fingerprint density at radius 2 is 1.96 bits per heavy atom. The summed E-state index contributed by atoms with van der Waals surface area (Å²) in [5.41, 5.74) is 3.62. The minimum absolute atomic E-state index is 0.0747. The van der Waals surface area contributed by atoms with Gasteiger partial charge in [0.25, 0.3) is 5.91 Å². The maximum Gasteiger partial charge on any atom is 0.253 e. The number of halogens is 1. The van der Waals surface area contributed by atoms with Gasteiger partial charge in [-0.1, -0.05) is 11.6 Å². The molecule has 0 aromatic carbocycles. The summed E-state index contributed by atoms with van der Waals surface area (Å²) in [6, 6.07) is 1.91. The fraction of sp³-hybridized carbons (Fsp3) is 0.526. The van der Waals surface area contributed by atoms with Crippen LogP contribution < -0.4 is 5.32 Å². The third-order valence-corrected chi connectivity index (χ3v) is 5.32. The van der Waals surface area contributed by atoms with Crippen molar-refractivity contribution < 1.29 is 4.79 Å². The van der Waals surface area contributed by atoms with Gasteiger partial charge in [-0.25, -0.2) is 0 Å². The number of hydrogen-bond donors (Lipinski definition) is 1. The van der Waals surface area contributed by atoms with Crippen molar-refractivity contribution in [3.05, 3.63) is 46.0 Å². The molecule has 1 fully saturated rings. The molecule has 0 atom stereocenters. The van der Waals surface area contributed by atoms with Crippen LogP contribution in [0.2, 0.25) is 5.02 Å². The Kier molecular flexibility index (Phi) is 5.42. The number of hydrogen-bond acceptors (Lipinski definition) is 3. The second-order valence-electron chi connectivity index (χ2n) is 7.10. The molecule has 0 saturated heterocycles. The van der Waals surface area contributed by atoms with Crippen LogP contribution in [0.4, 0.5) is 0 Å². The van der Waals surface area contributed by atoms with Crippen molar-refractivity contribution in [3.8, 4) is 0 Å². The van der Waals surface area contributed by atoms with E-state index in [4.69, 9.17) is 11.6 Å². The van der Waals surface area contributed by atoms with E-state index in [1.807, 2.05) is 13.8 Å². The largest absolute Gasteiger partial charge is 0.349 e. The Balaban J connectivity index is 1.52. The number of pyridine rings is 1. The average Bonchev–Trinajstić information content (AvgIpc) is 2.89. The molecule has 0 unspecified atom stereocenters. The van der Waals surface area contributed by atoms with E-state index in [0.717, 1.165) is 37.9 Å². The predicted molar refractivity (Wildman–Crippen MR) is 98.9 cm³/mol. The molecule has 1 aliphatic rings. The highest BCUT2D eigenvalue weighted by molar-refractivity contribution is 6.30. The summed E-state index contributed by atoms with van der Waals surface area (Å²) in [4.78, 5) is 16.6. The van der Waals surface area contributed by atoms with Crippen LogP contribution in [-0.2, 0) is 6.54 Å². The number of nitrogens with zero attached hydrogens (tertiary/aromatic N) is 3. The third kappa shape index (κ3) is 4.40. The van der Waals surface area contributed by atoms with Crippen molar-refractivity contribution in [1.82, 2.24) is 20.1 Å². The van der Waals surface area contributed by atoms with Crippen molar-refractivity contribution in [1.29, 1.82) is 0 Å². The van der Waals surface area contributed by atoms with Crippen LogP contribution in [0.1, 0.15) is 53.0 Å².